The lowest BCUT2D eigenvalue weighted by atomic mass is 10.1. The molecule has 0 saturated carbocycles. The summed E-state index contributed by atoms with van der Waals surface area (Å²) >= 11 is 1.42. The summed E-state index contributed by atoms with van der Waals surface area (Å²) in [5.41, 5.74) is 0.433. The lowest BCUT2D eigenvalue weighted by molar-refractivity contribution is -0.170. The minimum atomic E-state index is -0.823. The van der Waals surface area contributed by atoms with Crippen LogP contribution in [0.4, 0.5) is 0 Å². The van der Waals surface area contributed by atoms with Crippen molar-refractivity contribution in [2.45, 2.75) is 0 Å². The van der Waals surface area contributed by atoms with Crippen LogP contribution in [-0.2, 0) is 9.63 Å². The Morgan fingerprint density at radius 1 is 1.10 bits per heavy atom. The van der Waals surface area contributed by atoms with E-state index in [0.717, 1.165) is 0 Å². The first kappa shape index (κ1) is 13.3. The summed E-state index contributed by atoms with van der Waals surface area (Å²) in [4.78, 5) is 40.4. The molecule has 0 bridgehead atoms. The summed E-state index contributed by atoms with van der Waals surface area (Å²) in [7, 11) is 0. The average Bonchev–Trinajstić information content (AvgIpc) is 3.09. The smallest absolute Gasteiger partial charge is 0.370 e. The maximum Gasteiger partial charge on any atom is 0.370 e. The zero-order valence-electron chi connectivity index (χ0n) is 10.6. The van der Waals surface area contributed by atoms with E-state index in [-0.39, 0.29) is 17.7 Å². The molecule has 0 saturated heterocycles. The molecule has 0 atom stereocenters. The molecule has 1 aromatic carbocycles. The van der Waals surface area contributed by atoms with Gasteiger partial charge in [-0.1, -0.05) is 17.2 Å². The standard InChI is InChI=1S/C14H9NO5S/c16-12(7-19-9-5-6-21-8-9)20-15-13(17)10-3-1-2-4-11(10)14(15)18/h1-6,8H,7H2. The Kier molecular flexibility index (Phi) is 3.41. The summed E-state index contributed by atoms with van der Waals surface area (Å²) in [5, 5.41) is 3.98. The Hall–Kier alpha value is -2.67. The topological polar surface area (TPSA) is 72.9 Å². The number of carbonyl (C=O) groups excluding carboxylic acids is 3. The number of benzene rings is 1. The molecule has 106 valence electrons. The molecular formula is C14H9NO5S. The molecule has 0 N–H and O–H groups in total. The third-order valence-corrected chi connectivity index (χ3v) is 3.46. The van der Waals surface area contributed by atoms with Crippen molar-refractivity contribution in [3.63, 3.8) is 0 Å². The van der Waals surface area contributed by atoms with Crippen LogP contribution in [0.15, 0.2) is 41.1 Å². The first-order valence-electron chi connectivity index (χ1n) is 6.00. The molecule has 0 unspecified atom stereocenters. The van der Waals surface area contributed by atoms with Crippen LogP contribution in [0.1, 0.15) is 20.7 Å². The zero-order valence-corrected chi connectivity index (χ0v) is 11.5. The van der Waals surface area contributed by atoms with Gasteiger partial charge in [-0.15, -0.1) is 11.3 Å². The van der Waals surface area contributed by atoms with Gasteiger partial charge in [0.15, 0.2) is 6.61 Å². The number of fused-ring (bicyclic) bond motifs is 1. The molecule has 0 spiro atoms. The van der Waals surface area contributed by atoms with E-state index in [4.69, 9.17) is 9.57 Å². The second-order valence-corrected chi connectivity index (χ2v) is 4.94. The third-order valence-electron chi connectivity index (χ3n) is 2.80. The molecule has 3 rings (SSSR count). The number of ether oxygens (including phenoxy) is 1. The summed E-state index contributed by atoms with van der Waals surface area (Å²) in [6, 6.07) is 7.97. The van der Waals surface area contributed by atoms with E-state index in [0.29, 0.717) is 10.8 Å². The summed E-state index contributed by atoms with van der Waals surface area (Å²) in [6.07, 6.45) is 0. The van der Waals surface area contributed by atoms with E-state index >= 15 is 0 Å². The van der Waals surface area contributed by atoms with Crippen molar-refractivity contribution >= 4 is 29.1 Å². The van der Waals surface area contributed by atoms with Crippen molar-refractivity contribution in [3.05, 3.63) is 52.2 Å². The fourth-order valence-corrected chi connectivity index (χ4v) is 2.43. The van der Waals surface area contributed by atoms with Crippen LogP contribution < -0.4 is 4.74 Å². The Labute approximate surface area is 123 Å². The highest BCUT2D eigenvalue weighted by atomic mass is 32.1. The molecule has 1 aliphatic rings. The largest absolute Gasteiger partial charge is 0.481 e. The van der Waals surface area contributed by atoms with E-state index in [1.807, 2.05) is 0 Å². The number of thiophene rings is 1. The molecule has 1 aromatic heterocycles. The van der Waals surface area contributed by atoms with Gasteiger partial charge in [-0.25, -0.2) is 4.79 Å². The zero-order chi connectivity index (χ0) is 14.8. The normalized spacial score (nSPS) is 13.2. The highest BCUT2D eigenvalue weighted by Gasteiger charge is 2.38. The lowest BCUT2D eigenvalue weighted by Gasteiger charge is -2.12. The Morgan fingerprint density at radius 3 is 2.33 bits per heavy atom. The van der Waals surface area contributed by atoms with Crippen molar-refractivity contribution in [1.82, 2.24) is 5.06 Å². The molecule has 2 amide bonds. The number of rotatable bonds is 4. The van der Waals surface area contributed by atoms with Crippen molar-refractivity contribution in [1.29, 1.82) is 0 Å². The van der Waals surface area contributed by atoms with Crippen LogP contribution >= 0.6 is 11.3 Å². The van der Waals surface area contributed by atoms with Gasteiger partial charge in [0.25, 0.3) is 11.8 Å². The van der Waals surface area contributed by atoms with Gasteiger partial charge in [-0.3, -0.25) is 9.59 Å². The fourth-order valence-electron chi connectivity index (χ4n) is 1.85. The van der Waals surface area contributed by atoms with Gasteiger partial charge in [0.2, 0.25) is 0 Å². The highest BCUT2D eigenvalue weighted by Crippen LogP contribution is 2.22. The van der Waals surface area contributed by atoms with Crippen LogP contribution in [0.3, 0.4) is 0 Å². The van der Waals surface area contributed by atoms with E-state index in [1.54, 1.807) is 29.0 Å². The van der Waals surface area contributed by atoms with Gasteiger partial charge in [0, 0.05) is 5.38 Å². The first-order valence-corrected chi connectivity index (χ1v) is 6.94. The van der Waals surface area contributed by atoms with Crippen LogP contribution in [0, 0.1) is 0 Å². The minimum absolute atomic E-state index is 0.217. The molecule has 2 aromatic rings. The Morgan fingerprint density at radius 2 is 1.76 bits per heavy atom. The van der Waals surface area contributed by atoms with Gasteiger partial charge < -0.3 is 9.57 Å². The Bertz CT molecular complexity index is 675. The number of hydrogen-bond acceptors (Lipinski definition) is 6. The third kappa shape index (κ3) is 2.50. The molecule has 21 heavy (non-hydrogen) atoms. The van der Waals surface area contributed by atoms with Crippen LogP contribution in [-0.4, -0.2) is 29.5 Å². The molecule has 1 aliphatic heterocycles. The van der Waals surface area contributed by atoms with Crippen molar-refractivity contribution < 1.29 is 24.0 Å². The fraction of sp³-hybridized carbons (Fsp3) is 0.0714. The number of hydroxylamine groups is 2. The lowest BCUT2D eigenvalue weighted by Crippen LogP contribution is -2.34. The van der Waals surface area contributed by atoms with E-state index in [1.165, 1.54) is 23.5 Å². The minimum Gasteiger partial charge on any atom is -0.481 e. The number of imide groups is 1. The van der Waals surface area contributed by atoms with Gasteiger partial charge in [0.1, 0.15) is 5.75 Å². The number of nitrogens with zero attached hydrogens (tertiary/aromatic N) is 1. The Balaban J connectivity index is 1.65. The number of amides is 2. The second-order valence-electron chi connectivity index (χ2n) is 4.16. The molecular weight excluding hydrogens is 294 g/mol. The van der Waals surface area contributed by atoms with Crippen LogP contribution in [0.2, 0.25) is 0 Å². The summed E-state index contributed by atoms with van der Waals surface area (Å²) in [5.74, 6) is -1.60. The molecule has 0 aliphatic carbocycles. The van der Waals surface area contributed by atoms with Crippen molar-refractivity contribution in [3.8, 4) is 5.75 Å². The van der Waals surface area contributed by atoms with Gasteiger partial charge in [-0.05, 0) is 23.6 Å². The van der Waals surface area contributed by atoms with E-state index in [2.05, 4.69) is 0 Å². The molecule has 0 fully saturated rings. The molecule has 6 nitrogen and oxygen atoms in total. The van der Waals surface area contributed by atoms with Crippen molar-refractivity contribution in [2.75, 3.05) is 6.61 Å². The highest BCUT2D eigenvalue weighted by molar-refractivity contribution is 7.08. The van der Waals surface area contributed by atoms with Crippen LogP contribution in [0.5, 0.6) is 5.75 Å². The van der Waals surface area contributed by atoms with Crippen LogP contribution in [0.25, 0.3) is 0 Å². The maximum absolute atomic E-state index is 12.0. The first-order chi connectivity index (χ1) is 10.2. The monoisotopic (exact) mass is 303 g/mol. The summed E-state index contributed by atoms with van der Waals surface area (Å²) < 4.78 is 5.15. The molecule has 2 heterocycles. The van der Waals surface area contributed by atoms with Crippen molar-refractivity contribution in [2.24, 2.45) is 0 Å². The molecule has 7 heteroatoms. The number of carbonyl (C=O) groups is 3. The average molecular weight is 303 g/mol. The SMILES string of the molecule is O=C(COc1ccsc1)ON1C(=O)c2ccccc2C1=O. The predicted molar refractivity (Wildman–Crippen MR) is 72.8 cm³/mol. The van der Waals surface area contributed by atoms with Gasteiger partial charge >= 0.3 is 5.97 Å². The summed E-state index contributed by atoms with van der Waals surface area (Å²) in [6.45, 7) is -0.385. The second kappa shape index (κ2) is 5.37. The van der Waals surface area contributed by atoms with E-state index < -0.39 is 17.8 Å². The quantitative estimate of drug-likeness (QED) is 0.806. The van der Waals surface area contributed by atoms with Gasteiger partial charge in [0.05, 0.1) is 11.1 Å². The number of hydrogen-bond donors (Lipinski definition) is 0. The van der Waals surface area contributed by atoms with Gasteiger partial charge in [-0.2, -0.15) is 0 Å². The predicted octanol–water partition coefficient (Wildman–Crippen LogP) is 1.88. The molecule has 0 radical (unpaired) electrons. The van der Waals surface area contributed by atoms with E-state index in [9.17, 15) is 14.4 Å². The maximum atomic E-state index is 12.0.